The van der Waals surface area contributed by atoms with Crippen LogP contribution in [0.15, 0.2) is 35.7 Å². The van der Waals surface area contributed by atoms with E-state index in [2.05, 4.69) is 23.2 Å². The molecule has 0 unspecified atom stereocenters. The number of nitrogens with one attached hydrogen (secondary N) is 1. The van der Waals surface area contributed by atoms with Crippen molar-refractivity contribution in [3.8, 4) is 0 Å². The Balaban J connectivity index is 1.71. The first kappa shape index (κ1) is 19.3. The van der Waals surface area contributed by atoms with E-state index >= 15 is 0 Å². The topological polar surface area (TPSA) is 102 Å². The second-order valence-corrected chi connectivity index (χ2v) is 7.97. The molecule has 0 bridgehead atoms. The highest BCUT2D eigenvalue weighted by Crippen LogP contribution is 2.29. The van der Waals surface area contributed by atoms with Gasteiger partial charge in [0.05, 0.1) is 11.0 Å². The molecule has 144 valence electrons. The van der Waals surface area contributed by atoms with E-state index in [9.17, 15) is 14.9 Å². The van der Waals surface area contributed by atoms with Crippen LogP contribution in [0.5, 0.6) is 0 Å². The van der Waals surface area contributed by atoms with Gasteiger partial charge in [-0.15, -0.1) is 11.3 Å². The Morgan fingerprint density at radius 2 is 2.15 bits per heavy atom. The van der Waals surface area contributed by atoms with Crippen molar-refractivity contribution in [3.63, 3.8) is 0 Å². The zero-order chi connectivity index (χ0) is 19.4. The number of likely N-dealkylation sites (tertiary alicyclic amines) is 1. The number of benzene rings is 1. The number of nitro groups is 1. The maximum absolute atomic E-state index is 12.6. The lowest BCUT2D eigenvalue weighted by Crippen LogP contribution is -2.41. The minimum absolute atomic E-state index is 0.0513. The third-order valence-electron chi connectivity index (χ3n) is 5.08. The fraction of sp³-hybridized carbons (Fsp3) is 0.421. The van der Waals surface area contributed by atoms with Gasteiger partial charge in [0, 0.05) is 23.1 Å². The Kier molecular flexibility index (Phi) is 6.08. The highest BCUT2D eigenvalue weighted by atomic mass is 32.1. The van der Waals surface area contributed by atoms with Crippen molar-refractivity contribution in [3.05, 3.63) is 56.3 Å². The highest BCUT2D eigenvalue weighted by Gasteiger charge is 2.26. The number of thiophene rings is 1. The average Bonchev–Trinajstić information content (AvgIpc) is 3.17. The third kappa shape index (κ3) is 4.64. The van der Waals surface area contributed by atoms with Gasteiger partial charge in [-0.05, 0) is 55.4 Å². The number of carbonyl (C=O) groups is 1. The van der Waals surface area contributed by atoms with Crippen molar-refractivity contribution in [2.24, 2.45) is 5.92 Å². The third-order valence-corrected chi connectivity index (χ3v) is 6.05. The van der Waals surface area contributed by atoms with Gasteiger partial charge in [-0.25, -0.2) is 0 Å². The minimum atomic E-state index is -0.574. The average molecular weight is 388 g/mol. The maximum atomic E-state index is 12.6. The van der Waals surface area contributed by atoms with E-state index in [0.29, 0.717) is 6.54 Å². The van der Waals surface area contributed by atoms with Gasteiger partial charge in [-0.1, -0.05) is 13.0 Å². The molecule has 0 spiro atoms. The van der Waals surface area contributed by atoms with Crippen LogP contribution in [0.25, 0.3) is 0 Å². The molecular formula is C19H24N4O3S. The van der Waals surface area contributed by atoms with Crippen LogP contribution in [0.3, 0.4) is 0 Å². The lowest BCUT2D eigenvalue weighted by atomic mass is 9.97. The van der Waals surface area contributed by atoms with Crippen LogP contribution >= 0.6 is 11.3 Å². The normalized spacial score (nSPS) is 16.8. The van der Waals surface area contributed by atoms with Gasteiger partial charge in [0.2, 0.25) is 0 Å². The number of nitro benzene ring substituents is 1. The number of hydrogen-bond donors (Lipinski definition) is 2. The van der Waals surface area contributed by atoms with E-state index in [1.165, 1.54) is 23.1 Å². The standard InChI is InChI=1S/C19H24N4O3S/c1-13-6-8-22(9-7-13)17(18-3-2-10-27-18)12-21-19(24)14-4-5-15(20)16(11-14)23(25)26/h2-5,10-11,13,17H,6-9,12,20H2,1H3,(H,21,24)/t17-/m1/s1. The zero-order valence-electron chi connectivity index (χ0n) is 15.3. The Bertz CT molecular complexity index is 801. The monoisotopic (exact) mass is 388 g/mol. The van der Waals surface area contributed by atoms with Crippen LogP contribution in [0.1, 0.15) is 41.0 Å². The molecule has 1 saturated heterocycles. The Hall–Kier alpha value is -2.45. The Labute approximate surface area is 162 Å². The summed E-state index contributed by atoms with van der Waals surface area (Å²) in [5.41, 5.74) is 5.65. The highest BCUT2D eigenvalue weighted by molar-refractivity contribution is 7.10. The van der Waals surface area contributed by atoms with E-state index in [1.54, 1.807) is 11.3 Å². The molecule has 1 aromatic heterocycles. The fourth-order valence-electron chi connectivity index (χ4n) is 3.37. The summed E-state index contributed by atoms with van der Waals surface area (Å²) < 4.78 is 0. The molecule has 2 aromatic rings. The molecular weight excluding hydrogens is 364 g/mol. The van der Waals surface area contributed by atoms with Crippen molar-refractivity contribution in [2.75, 3.05) is 25.4 Å². The first-order valence-corrected chi connectivity index (χ1v) is 9.93. The molecule has 1 fully saturated rings. The number of nitrogen functional groups attached to an aromatic ring is 1. The summed E-state index contributed by atoms with van der Waals surface area (Å²) >= 11 is 1.68. The SMILES string of the molecule is CC1CCN([C@H](CNC(=O)c2ccc(N)c([N+](=O)[O-])c2)c2cccs2)CC1. The molecule has 1 atom stereocenters. The summed E-state index contributed by atoms with van der Waals surface area (Å²) in [4.78, 5) is 26.6. The van der Waals surface area contributed by atoms with Crippen molar-refractivity contribution < 1.29 is 9.72 Å². The molecule has 0 radical (unpaired) electrons. The van der Waals surface area contributed by atoms with Crippen LogP contribution in [0.2, 0.25) is 0 Å². The van der Waals surface area contributed by atoms with Crippen LogP contribution in [0, 0.1) is 16.0 Å². The van der Waals surface area contributed by atoms with Crippen molar-refractivity contribution in [1.82, 2.24) is 10.2 Å². The molecule has 1 aromatic carbocycles. The van der Waals surface area contributed by atoms with E-state index in [4.69, 9.17) is 5.73 Å². The van der Waals surface area contributed by atoms with Crippen LogP contribution in [0.4, 0.5) is 11.4 Å². The predicted octanol–water partition coefficient (Wildman–Crippen LogP) is 3.44. The summed E-state index contributed by atoms with van der Waals surface area (Å²) in [7, 11) is 0. The number of nitrogens with zero attached hydrogens (tertiary/aromatic N) is 2. The van der Waals surface area contributed by atoms with Gasteiger partial charge < -0.3 is 11.1 Å². The predicted molar refractivity (Wildman–Crippen MR) is 107 cm³/mol. The van der Waals surface area contributed by atoms with Crippen molar-refractivity contribution >= 4 is 28.6 Å². The number of rotatable bonds is 6. The lowest BCUT2D eigenvalue weighted by Gasteiger charge is -2.36. The second kappa shape index (κ2) is 8.49. The molecule has 2 heterocycles. The summed E-state index contributed by atoms with van der Waals surface area (Å²) in [6, 6.07) is 8.37. The molecule has 1 aliphatic heterocycles. The molecule has 0 saturated carbocycles. The lowest BCUT2D eigenvalue weighted by molar-refractivity contribution is -0.383. The van der Waals surface area contributed by atoms with Gasteiger partial charge >= 0.3 is 0 Å². The van der Waals surface area contributed by atoms with Gasteiger partial charge in [0.1, 0.15) is 5.69 Å². The van der Waals surface area contributed by atoms with E-state index in [-0.39, 0.29) is 28.9 Å². The molecule has 3 rings (SSSR count). The van der Waals surface area contributed by atoms with E-state index in [1.807, 2.05) is 11.4 Å². The Morgan fingerprint density at radius 1 is 1.41 bits per heavy atom. The molecule has 1 aliphatic rings. The number of amides is 1. The van der Waals surface area contributed by atoms with Crippen LogP contribution in [-0.4, -0.2) is 35.4 Å². The van der Waals surface area contributed by atoms with Crippen molar-refractivity contribution in [1.29, 1.82) is 0 Å². The van der Waals surface area contributed by atoms with Crippen LogP contribution < -0.4 is 11.1 Å². The van der Waals surface area contributed by atoms with Crippen molar-refractivity contribution in [2.45, 2.75) is 25.8 Å². The molecule has 1 amide bonds. The van der Waals surface area contributed by atoms with E-state index < -0.39 is 4.92 Å². The summed E-state index contributed by atoms with van der Waals surface area (Å²) in [5, 5.41) is 16.0. The number of anilines is 1. The van der Waals surface area contributed by atoms with E-state index in [0.717, 1.165) is 31.8 Å². The number of nitrogens with two attached hydrogens (primary N) is 1. The Morgan fingerprint density at radius 3 is 2.78 bits per heavy atom. The molecule has 0 aliphatic carbocycles. The first-order valence-electron chi connectivity index (χ1n) is 9.05. The van der Waals surface area contributed by atoms with Crippen LogP contribution in [-0.2, 0) is 0 Å². The summed E-state index contributed by atoms with van der Waals surface area (Å²) in [6.45, 7) is 4.75. The number of piperidine rings is 1. The molecule has 27 heavy (non-hydrogen) atoms. The molecule has 7 nitrogen and oxygen atoms in total. The van der Waals surface area contributed by atoms with Gasteiger partial charge in [0.25, 0.3) is 11.6 Å². The smallest absolute Gasteiger partial charge is 0.292 e. The number of hydrogen-bond acceptors (Lipinski definition) is 6. The largest absolute Gasteiger partial charge is 0.393 e. The molecule has 8 heteroatoms. The first-order chi connectivity index (χ1) is 13.0. The van der Waals surface area contributed by atoms with Gasteiger partial charge in [-0.2, -0.15) is 0 Å². The minimum Gasteiger partial charge on any atom is -0.393 e. The molecule has 3 N–H and O–H groups in total. The quantitative estimate of drug-likeness (QED) is 0.448. The zero-order valence-corrected chi connectivity index (χ0v) is 16.1. The van der Waals surface area contributed by atoms with Gasteiger partial charge in [-0.3, -0.25) is 19.8 Å². The fourth-order valence-corrected chi connectivity index (χ4v) is 4.23. The summed E-state index contributed by atoms with van der Waals surface area (Å²) in [5.74, 6) is 0.403. The maximum Gasteiger partial charge on any atom is 0.292 e. The summed E-state index contributed by atoms with van der Waals surface area (Å²) in [6.07, 6.45) is 2.31. The van der Waals surface area contributed by atoms with Gasteiger partial charge in [0.15, 0.2) is 0 Å². The number of carbonyl (C=O) groups excluding carboxylic acids is 1. The second-order valence-electron chi connectivity index (χ2n) is 6.99.